The van der Waals surface area contributed by atoms with Crippen LogP contribution in [-0.2, 0) is 39.9 Å². The monoisotopic (exact) mass is 751 g/mol. The minimum atomic E-state index is -1.48. The van der Waals surface area contributed by atoms with E-state index >= 15 is 0 Å². The second-order valence-corrected chi connectivity index (χ2v) is 15.0. The normalized spacial score (nSPS) is 15.5. The first-order valence-corrected chi connectivity index (χ1v) is 17.9. The Bertz CT molecular complexity index is 1340. The Morgan fingerprint density at radius 3 is 1.70 bits per heavy atom. The van der Waals surface area contributed by atoms with Crippen LogP contribution in [0.25, 0.3) is 0 Å². The van der Waals surface area contributed by atoms with E-state index in [1.165, 1.54) is 14.0 Å². The summed E-state index contributed by atoms with van der Waals surface area (Å²) in [5.74, 6) is -3.58. The molecule has 300 valence electrons. The average Bonchev–Trinajstić information content (AvgIpc) is 3.04. The van der Waals surface area contributed by atoms with Crippen molar-refractivity contribution in [2.24, 2.45) is 11.8 Å². The van der Waals surface area contributed by atoms with Crippen LogP contribution in [0.1, 0.15) is 86.6 Å². The van der Waals surface area contributed by atoms with Crippen molar-refractivity contribution in [2.45, 2.75) is 136 Å². The maximum Gasteiger partial charge on any atom is 0.408 e. The summed E-state index contributed by atoms with van der Waals surface area (Å²) >= 11 is 0. The van der Waals surface area contributed by atoms with Crippen molar-refractivity contribution in [3.63, 3.8) is 0 Å². The maximum atomic E-state index is 13.4. The molecule has 0 bridgehead atoms. The van der Waals surface area contributed by atoms with E-state index in [9.17, 15) is 44.1 Å². The highest BCUT2D eigenvalue weighted by molar-refractivity contribution is 5.92. The van der Waals surface area contributed by atoms with Crippen LogP contribution < -0.4 is 26.6 Å². The summed E-state index contributed by atoms with van der Waals surface area (Å²) in [7, 11) is 1.19. The van der Waals surface area contributed by atoms with Crippen LogP contribution in [0, 0.1) is 11.8 Å². The van der Waals surface area contributed by atoms with Crippen molar-refractivity contribution in [2.75, 3.05) is 13.7 Å². The van der Waals surface area contributed by atoms with Crippen molar-refractivity contribution < 1.29 is 53.6 Å². The van der Waals surface area contributed by atoms with E-state index in [4.69, 9.17) is 4.74 Å². The molecule has 0 aromatic heterocycles. The van der Waals surface area contributed by atoms with Crippen LogP contribution in [0.15, 0.2) is 30.3 Å². The van der Waals surface area contributed by atoms with Gasteiger partial charge in [0.25, 0.3) is 0 Å². The van der Waals surface area contributed by atoms with Crippen LogP contribution in [0.3, 0.4) is 0 Å². The van der Waals surface area contributed by atoms with Crippen LogP contribution in [0.4, 0.5) is 4.79 Å². The van der Waals surface area contributed by atoms with Crippen LogP contribution in [0.5, 0.6) is 0 Å². The van der Waals surface area contributed by atoms with Crippen molar-refractivity contribution >= 4 is 35.7 Å². The minimum absolute atomic E-state index is 0.0540. The molecule has 1 aromatic rings. The van der Waals surface area contributed by atoms with Gasteiger partial charge in [-0.3, -0.25) is 24.0 Å². The second kappa shape index (κ2) is 22.7. The predicted molar refractivity (Wildman–Crippen MR) is 196 cm³/mol. The van der Waals surface area contributed by atoms with Gasteiger partial charge in [0.2, 0.25) is 23.6 Å². The fraction of sp³-hybridized carbons (Fsp3) is 0.676. The second-order valence-electron chi connectivity index (χ2n) is 15.0. The number of aliphatic hydroxyl groups excluding tert-OH is 3. The fourth-order valence-electron chi connectivity index (χ4n) is 5.30. The molecule has 0 unspecified atom stereocenters. The van der Waals surface area contributed by atoms with Gasteiger partial charge in [0, 0.05) is 6.42 Å². The standard InChI is InChI=1S/C37H61N5O11/c1-21(2)15-25(29(44)18-31(46)38-23(5)33(48)39-26(16-22(3)4)30(45)19-32(47)52-9)40-35(50)28(20-43)41-34(49)27(17-24-13-11-10-12-14-24)42-36(51)53-37(6,7)8/h10-14,21-23,25-30,43-45H,15-20H2,1-9H3,(H,38,46)(H,39,48)(H,40,50)(H,41,49)(H,42,51)/t23-,25-,26-,27-,28-,29-,30-/m0/s1. The quantitative estimate of drug-likeness (QED) is 0.0819. The van der Waals surface area contributed by atoms with Gasteiger partial charge in [-0.1, -0.05) is 58.0 Å². The van der Waals surface area contributed by atoms with Gasteiger partial charge in [0.05, 0.1) is 50.8 Å². The van der Waals surface area contributed by atoms with Gasteiger partial charge in [0.15, 0.2) is 0 Å². The fourth-order valence-corrected chi connectivity index (χ4v) is 5.30. The number of aliphatic hydroxyl groups is 3. The highest BCUT2D eigenvalue weighted by atomic mass is 16.6. The third kappa shape index (κ3) is 18.9. The van der Waals surface area contributed by atoms with E-state index in [1.54, 1.807) is 51.1 Å². The number of methoxy groups -OCH3 is 1. The summed E-state index contributed by atoms with van der Waals surface area (Å²) in [6, 6.07) is 3.32. The molecule has 7 atom stereocenters. The summed E-state index contributed by atoms with van der Waals surface area (Å²) in [5.41, 5.74) is -0.128. The van der Waals surface area contributed by atoms with Gasteiger partial charge in [-0.2, -0.15) is 0 Å². The first-order chi connectivity index (χ1) is 24.6. The molecule has 16 heteroatoms. The number of hydrogen-bond acceptors (Lipinski definition) is 11. The zero-order valence-electron chi connectivity index (χ0n) is 32.4. The van der Waals surface area contributed by atoms with E-state index in [-0.39, 0.29) is 31.1 Å². The lowest BCUT2D eigenvalue weighted by Gasteiger charge is -2.29. The van der Waals surface area contributed by atoms with E-state index in [0.29, 0.717) is 12.0 Å². The Morgan fingerprint density at radius 1 is 0.698 bits per heavy atom. The summed E-state index contributed by atoms with van der Waals surface area (Å²) in [4.78, 5) is 76.9. The van der Waals surface area contributed by atoms with Gasteiger partial charge in [-0.05, 0) is 57.9 Å². The van der Waals surface area contributed by atoms with Gasteiger partial charge in [0.1, 0.15) is 23.7 Å². The molecule has 8 N–H and O–H groups in total. The van der Waals surface area contributed by atoms with Gasteiger partial charge >= 0.3 is 12.1 Å². The zero-order chi connectivity index (χ0) is 40.5. The zero-order valence-corrected chi connectivity index (χ0v) is 32.4. The predicted octanol–water partition coefficient (Wildman–Crippen LogP) is 0.841. The number of rotatable bonds is 21. The lowest BCUT2D eigenvalue weighted by Crippen LogP contribution is -2.58. The number of nitrogens with one attached hydrogen (secondary N) is 5. The Morgan fingerprint density at radius 2 is 1.21 bits per heavy atom. The summed E-state index contributed by atoms with van der Waals surface area (Å²) in [6.45, 7) is 13.0. The van der Waals surface area contributed by atoms with Crippen LogP contribution in [0.2, 0.25) is 0 Å². The summed E-state index contributed by atoms with van der Waals surface area (Å²) in [5, 5.41) is 44.5. The Balaban J connectivity index is 2.99. The van der Waals surface area contributed by atoms with Crippen molar-refractivity contribution in [3.05, 3.63) is 35.9 Å². The van der Waals surface area contributed by atoms with Crippen molar-refractivity contribution in [1.29, 1.82) is 0 Å². The molecule has 0 fully saturated rings. The minimum Gasteiger partial charge on any atom is -0.469 e. The Kier molecular flexibility index (Phi) is 20.0. The molecule has 0 aliphatic heterocycles. The molecule has 0 radical (unpaired) electrons. The molecular weight excluding hydrogens is 690 g/mol. The Labute approximate surface area is 312 Å². The molecule has 0 heterocycles. The molecular formula is C37H61N5O11. The third-order valence-corrected chi connectivity index (χ3v) is 7.91. The lowest BCUT2D eigenvalue weighted by atomic mass is 9.96. The molecule has 1 aromatic carbocycles. The van der Waals surface area contributed by atoms with E-state index < -0.39 is 96.7 Å². The molecule has 0 aliphatic rings. The largest absolute Gasteiger partial charge is 0.469 e. The van der Waals surface area contributed by atoms with Crippen molar-refractivity contribution in [1.82, 2.24) is 26.6 Å². The summed E-state index contributed by atoms with van der Waals surface area (Å²) in [6.07, 6.45) is -3.72. The number of esters is 1. The van der Waals surface area contributed by atoms with Crippen LogP contribution in [-0.4, -0.2) is 113 Å². The van der Waals surface area contributed by atoms with Gasteiger partial charge < -0.3 is 51.4 Å². The molecule has 53 heavy (non-hydrogen) atoms. The summed E-state index contributed by atoms with van der Waals surface area (Å²) < 4.78 is 9.92. The topological polar surface area (TPSA) is 242 Å². The smallest absolute Gasteiger partial charge is 0.408 e. The third-order valence-electron chi connectivity index (χ3n) is 7.91. The molecule has 16 nitrogen and oxygen atoms in total. The highest BCUT2D eigenvalue weighted by Gasteiger charge is 2.32. The first-order valence-electron chi connectivity index (χ1n) is 17.9. The number of carbonyl (C=O) groups excluding carboxylic acids is 6. The van der Waals surface area contributed by atoms with Crippen LogP contribution >= 0.6 is 0 Å². The Hall–Kier alpha value is -4.28. The number of alkyl carbamates (subject to hydrolysis) is 1. The van der Waals surface area contributed by atoms with Gasteiger partial charge in [-0.25, -0.2) is 4.79 Å². The van der Waals surface area contributed by atoms with Crippen molar-refractivity contribution in [3.8, 4) is 0 Å². The highest BCUT2D eigenvalue weighted by Crippen LogP contribution is 2.14. The molecule has 0 saturated heterocycles. The molecule has 0 aliphatic carbocycles. The SMILES string of the molecule is COC(=O)C[C@H](O)[C@H](CC(C)C)NC(=O)[C@H](C)NC(=O)C[C@H](O)[C@H](CC(C)C)NC(=O)[C@H](CO)NC(=O)[C@H](Cc1ccccc1)NC(=O)OC(C)(C)C. The van der Waals surface area contributed by atoms with E-state index in [0.717, 1.165) is 0 Å². The molecule has 0 saturated carbocycles. The molecule has 0 spiro atoms. The molecule has 5 amide bonds. The number of carbonyl (C=O) groups is 6. The average molecular weight is 752 g/mol. The number of hydrogen-bond donors (Lipinski definition) is 8. The first kappa shape index (κ1) is 46.7. The lowest BCUT2D eigenvalue weighted by molar-refractivity contribution is -0.144. The number of amides is 5. The number of ether oxygens (including phenoxy) is 2. The van der Waals surface area contributed by atoms with Gasteiger partial charge in [-0.15, -0.1) is 0 Å². The molecule has 1 rings (SSSR count). The van der Waals surface area contributed by atoms with E-state index in [2.05, 4.69) is 31.3 Å². The van der Waals surface area contributed by atoms with E-state index in [1.807, 2.05) is 27.7 Å². The number of benzene rings is 1. The maximum absolute atomic E-state index is 13.4.